The molecule has 4 nitrogen and oxygen atoms in total. The van der Waals surface area contributed by atoms with Gasteiger partial charge in [0, 0.05) is 0 Å². The lowest BCUT2D eigenvalue weighted by Gasteiger charge is -2.25. The van der Waals surface area contributed by atoms with Gasteiger partial charge in [-0.25, -0.2) is 4.79 Å². The minimum Gasteiger partial charge on any atom is -0.452 e. The molecule has 1 N–H and O–H groups in total. The van der Waals surface area contributed by atoms with Gasteiger partial charge in [-0.1, -0.05) is 65.3 Å². The second-order valence-electron chi connectivity index (χ2n) is 9.41. The molecular formula is C24H30ClNO3. The van der Waals surface area contributed by atoms with E-state index in [9.17, 15) is 9.59 Å². The minimum atomic E-state index is -0.522. The summed E-state index contributed by atoms with van der Waals surface area (Å²) in [7, 11) is 0. The highest BCUT2D eigenvalue weighted by Crippen LogP contribution is 2.30. The molecule has 2 rings (SSSR count). The SMILES string of the molecule is Cc1ccc(NC(=O)COC(=O)c2cc(C(C)(C)C)cc(C(C)(C)C)c2)c(Cl)c1. The zero-order valence-electron chi connectivity index (χ0n) is 18.3. The van der Waals surface area contributed by atoms with Crippen LogP contribution in [0.2, 0.25) is 5.02 Å². The van der Waals surface area contributed by atoms with E-state index < -0.39 is 11.9 Å². The fraction of sp³-hybridized carbons (Fsp3) is 0.417. The smallest absolute Gasteiger partial charge is 0.338 e. The second-order valence-corrected chi connectivity index (χ2v) is 9.81. The van der Waals surface area contributed by atoms with Crippen molar-refractivity contribution >= 4 is 29.2 Å². The Bertz CT molecular complexity index is 888. The van der Waals surface area contributed by atoms with Crippen molar-refractivity contribution in [3.05, 3.63) is 63.7 Å². The second kappa shape index (κ2) is 8.58. The van der Waals surface area contributed by atoms with Crippen LogP contribution in [-0.2, 0) is 20.4 Å². The lowest BCUT2D eigenvalue weighted by atomic mass is 9.79. The average Bonchev–Trinajstić information content (AvgIpc) is 2.60. The number of esters is 1. The van der Waals surface area contributed by atoms with Crippen molar-refractivity contribution in [2.24, 2.45) is 0 Å². The van der Waals surface area contributed by atoms with Gasteiger partial charge in [-0.2, -0.15) is 0 Å². The van der Waals surface area contributed by atoms with Crippen LogP contribution in [-0.4, -0.2) is 18.5 Å². The van der Waals surface area contributed by atoms with Crippen molar-refractivity contribution in [1.82, 2.24) is 0 Å². The van der Waals surface area contributed by atoms with Crippen LogP contribution in [0.4, 0.5) is 5.69 Å². The summed E-state index contributed by atoms with van der Waals surface area (Å²) in [6.07, 6.45) is 0. The summed E-state index contributed by atoms with van der Waals surface area (Å²) in [4.78, 5) is 24.8. The van der Waals surface area contributed by atoms with E-state index in [0.29, 0.717) is 16.3 Å². The topological polar surface area (TPSA) is 55.4 Å². The van der Waals surface area contributed by atoms with Gasteiger partial charge in [-0.15, -0.1) is 0 Å². The van der Waals surface area contributed by atoms with Crippen LogP contribution in [0.1, 0.15) is 68.6 Å². The summed E-state index contributed by atoms with van der Waals surface area (Å²) in [6, 6.07) is 11.1. The molecule has 0 aromatic heterocycles. The molecule has 0 saturated heterocycles. The van der Waals surface area contributed by atoms with Crippen molar-refractivity contribution in [2.75, 3.05) is 11.9 Å². The Morgan fingerprint density at radius 2 is 1.48 bits per heavy atom. The number of hydrogen-bond donors (Lipinski definition) is 1. The fourth-order valence-corrected chi connectivity index (χ4v) is 3.02. The van der Waals surface area contributed by atoms with E-state index in [0.717, 1.165) is 16.7 Å². The first-order chi connectivity index (χ1) is 13.3. The number of nitrogens with one attached hydrogen (secondary N) is 1. The van der Waals surface area contributed by atoms with Crippen LogP contribution in [0, 0.1) is 6.92 Å². The van der Waals surface area contributed by atoms with Gasteiger partial charge in [0.15, 0.2) is 6.61 Å². The van der Waals surface area contributed by atoms with E-state index >= 15 is 0 Å². The van der Waals surface area contributed by atoms with Crippen LogP contribution in [0.3, 0.4) is 0 Å². The number of benzene rings is 2. The third kappa shape index (κ3) is 6.33. The molecule has 5 heteroatoms. The average molecular weight is 416 g/mol. The van der Waals surface area contributed by atoms with Gasteiger partial charge in [-0.05, 0) is 58.7 Å². The van der Waals surface area contributed by atoms with Crippen molar-refractivity contribution in [3.8, 4) is 0 Å². The predicted octanol–water partition coefficient (Wildman–Crippen LogP) is 6.04. The lowest BCUT2D eigenvalue weighted by Crippen LogP contribution is -2.22. The van der Waals surface area contributed by atoms with Crippen LogP contribution >= 0.6 is 11.6 Å². The monoisotopic (exact) mass is 415 g/mol. The number of anilines is 1. The molecule has 0 radical (unpaired) electrons. The van der Waals surface area contributed by atoms with Crippen LogP contribution in [0.15, 0.2) is 36.4 Å². The molecule has 1 amide bonds. The van der Waals surface area contributed by atoms with E-state index in [1.54, 1.807) is 12.1 Å². The van der Waals surface area contributed by atoms with Crippen LogP contribution in [0.5, 0.6) is 0 Å². The molecule has 156 valence electrons. The molecule has 0 aliphatic rings. The van der Waals surface area contributed by atoms with E-state index in [1.807, 2.05) is 25.1 Å². The quantitative estimate of drug-likeness (QED) is 0.619. The standard InChI is InChI=1S/C24H30ClNO3/c1-15-8-9-20(19(25)10-15)26-21(27)14-29-22(28)16-11-17(23(2,3)4)13-18(12-16)24(5,6)7/h8-13H,14H2,1-7H3,(H,26,27). The largest absolute Gasteiger partial charge is 0.452 e. The summed E-state index contributed by atoms with van der Waals surface area (Å²) < 4.78 is 5.27. The minimum absolute atomic E-state index is 0.115. The molecule has 2 aromatic carbocycles. The van der Waals surface area contributed by atoms with Gasteiger partial charge >= 0.3 is 5.97 Å². The highest BCUT2D eigenvalue weighted by atomic mass is 35.5. The Morgan fingerprint density at radius 3 is 1.97 bits per heavy atom. The number of aryl methyl sites for hydroxylation is 1. The summed E-state index contributed by atoms with van der Waals surface area (Å²) in [5.74, 6) is -0.959. The Labute approximate surface area is 178 Å². The molecule has 0 aliphatic heterocycles. The molecule has 0 atom stereocenters. The molecule has 0 aliphatic carbocycles. The highest BCUT2D eigenvalue weighted by molar-refractivity contribution is 6.33. The van der Waals surface area contributed by atoms with E-state index in [-0.39, 0.29) is 17.4 Å². The maximum absolute atomic E-state index is 12.6. The first-order valence-corrected chi connectivity index (χ1v) is 10.0. The van der Waals surface area contributed by atoms with Crippen molar-refractivity contribution in [3.63, 3.8) is 0 Å². The van der Waals surface area contributed by atoms with Gasteiger partial charge in [0.2, 0.25) is 0 Å². The molecule has 2 aromatic rings. The van der Waals surface area contributed by atoms with Crippen LogP contribution < -0.4 is 5.32 Å². The zero-order chi connectivity index (χ0) is 22.0. The van der Waals surface area contributed by atoms with E-state index in [1.165, 1.54) is 0 Å². The first kappa shape index (κ1) is 23.0. The summed E-state index contributed by atoms with van der Waals surface area (Å²) in [5.41, 5.74) is 3.80. The number of ether oxygens (including phenoxy) is 1. The number of carbonyl (C=O) groups excluding carboxylic acids is 2. The molecule has 29 heavy (non-hydrogen) atoms. The Morgan fingerprint density at radius 1 is 0.931 bits per heavy atom. The number of hydrogen-bond acceptors (Lipinski definition) is 3. The number of halogens is 1. The Hall–Kier alpha value is -2.33. The molecule has 0 fully saturated rings. The predicted molar refractivity (Wildman–Crippen MR) is 119 cm³/mol. The third-order valence-electron chi connectivity index (χ3n) is 4.63. The third-order valence-corrected chi connectivity index (χ3v) is 4.95. The maximum atomic E-state index is 12.6. The van der Waals surface area contributed by atoms with Gasteiger partial charge in [0.05, 0.1) is 16.3 Å². The summed E-state index contributed by atoms with van der Waals surface area (Å²) in [5, 5.41) is 3.11. The number of rotatable bonds is 4. The molecule has 0 bridgehead atoms. The number of amides is 1. The Kier molecular flexibility index (Phi) is 6.79. The van der Waals surface area contributed by atoms with Crippen LogP contribution in [0.25, 0.3) is 0 Å². The Balaban J connectivity index is 2.14. The van der Waals surface area contributed by atoms with Crippen molar-refractivity contribution < 1.29 is 14.3 Å². The van der Waals surface area contributed by atoms with Gasteiger partial charge in [0.25, 0.3) is 5.91 Å². The molecular weight excluding hydrogens is 386 g/mol. The normalized spacial score (nSPS) is 11.9. The molecule has 0 unspecified atom stereocenters. The van der Waals surface area contributed by atoms with Gasteiger partial charge in [-0.3, -0.25) is 4.79 Å². The molecule has 0 saturated carbocycles. The molecule has 0 spiro atoms. The maximum Gasteiger partial charge on any atom is 0.338 e. The van der Waals surface area contributed by atoms with E-state index in [4.69, 9.17) is 16.3 Å². The lowest BCUT2D eigenvalue weighted by molar-refractivity contribution is -0.119. The fourth-order valence-electron chi connectivity index (χ4n) is 2.73. The molecule has 0 heterocycles. The zero-order valence-corrected chi connectivity index (χ0v) is 19.0. The van der Waals surface area contributed by atoms with Crippen molar-refractivity contribution in [2.45, 2.75) is 59.3 Å². The van der Waals surface area contributed by atoms with Crippen molar-refractivity contribution in [1.29, 1.82) is 0 Å². The van der Waals surface area contributed by atoms with E-state index in [2.05, 4.69) is 52.9 Å². The number of carbonyl (C=O) groups is 2. The van der Waals surface area contributed by atoms with Gasteiger partial charge < -0.3 is 10.1 Å². The summed E-state index contributed by atoms with van der Waals surface area (Å²) >= 11 is 6.13. The van der Waals surface area contributed by atoms with Gasteiger partial charge in [0.1, 0.15) is 0 Å². The highest BCUT2D eigenvalue weighted by Gasteiger charge is 2.23. The summed E-state index contributed by atoms with van der Waals surface area (Å²) in [6.45, 7) is 14.1. The first-order valence-electron chi connectivity index (χ1n) is 9.66.